The molecule has 0 fully saturated rings. The molecule has 8 heteroatoms. The first kappa shape index (κ1) is 26.9. The van der Waals surface area contributed by atoms with Crippen LogP contribution in [0.3, 0.4) is 0 Å². The minimum atomic E-state index is -0.279. The highest BCUT2D eigenvalue weighted by atomic mass is 19.1. The zero-order chi connectivity index (χ0) is 28.1. The summed E-state index contributed by atoms with van der Waals surface area (Å²) in [4.78, 5) is 0. The number of nitrogens with zero attached hydrogens (tertiary/aromatic N) is 2. The molecule has 0 N–H and O–H groups in total. The number of para-hydroxylation sites is 1. The van der Waals surface area contributed by atoms with E-state index in [1.807, 2.05) is 65.7 Å². The van der Waals surface area contributed by atoms with Gasteiger partial charge < -0.3 is 23.7 Å². The third-order valence-electron chi connectivity index (χ3n) is 6.81. The van der Waals surface area contributed by atoms with E-state index in [1.165, 1.54) is 12.1 Å². The van der Waals surface area contributed by atoms with E-state index in [0.29, 0.717) is 41.8 Å². The van der Waals surface area contributed by atoms with Gasteiger partial charge in [0.2, 0.25) is 5.75 Å². The summed E-state index contributed by atoms with van der Waals surface area (Å²) in [5.74, 6) is 2.60. The number of halogens is 1. The Bertz CT molecular complexity index is 1470. The van der Waals surface area contributed by atoms with Crippen molar-refractivity contribution in [2.24, 2.45) is 5.10 Å². The predicted molar refractivity (Wildman–Crippen MR) is 153 cm³/mol. The van der Waals surface area contributed by atoms with E-state index in [0.717, 1.165) is 28.1 Å². The summed E-state index contributed by atoms with van der Waals surface area (Å²) in [5.41, 5.74) is 4.60. The molecular weight excluding hydrogens is 511 g/mol. The van der Waals surface area contributed by atoms with Crippen molar-refractivity contribution in [2.45, 2.75) is 19.1 Å². The van der Waals surface area contributed by atoms with Crippen molar-refractivity contribution in [1.82, 2.24) is 0 Å². The number of hydrogen-bond donors (Lipinski definition) is 0. The Morgan fingerprint density at radius 1 is 0.750 bits per heavy atom. The van der Waals surface area contributed by atoms with Gasteiger partial charge >= 0.3 is 0 Å². The molecule has 0 aromatic heterocycles. The number of rotatable bonds is 10. The Hall–Kier alpha value is -4.72. The molecule has 40 heavy (non-hydrogen) atoms. The molecule has 7 nitrogen and oxygen atoms in total. The van der Waals surface area contributed by atoms with Gasteiger partial charge in [-0.2, -0.15) is 5.10 Å². The molecule has 0 saturated carbocycles. The Labute approximate surface area is 233 Å². The maximum atomic E-state index is 13.3. The third kappa shape index (κ3) is 5.52. The van der Waals surface area contributed by atoms with Crippen LogP contribution in [0.15, 0.2) is 90.0 Å². The third-order valence-corrected chi connectivity index (χ3v) is 6.81. The first-order valence-electron chi connectivity index (χ1n) is 12.8. The maximum Gasteiger partial charge on any atom is 0.203 e. The summed E-state index contributed by atoms with van der Waals surface area (Å²) in [7, 11) is 6.40. The Morgan fingerprint density at radius 3 is 2.05 bits per heavy atom. The zero-order valence-corrected chi connectivity index (χ0v) is 22.9. The van der Waals surface area contributed by atoms with Crippen molar-refractivity contribution < 1.29 is 28.1 Å². The van der Waals surface area contributed by atoms with Gasteiger partial charge in [-0.1, -0.05) is 36.4 Å². The van der Waals surface area contributed by atoms with Crippen molar-refractivity contribution in [2.75, 3.05) is 33.4 Å². The first-order chi connectivity index (χ1) is 19.5. The Balaban J connectivity index is 1.47. The van der Waals surface area contributed by atoms with Crippen LogP contribution in [-0.4, -0.2) is 34.2 Å². The second-order valence-corrected chi connectivity index (χ2v) is 9.19. The lowest BCUT2D eigenvalue weighted by Gasteiger charge is -2.24. The van der Waals surface area contributed by atoms with E-state index >= 15 is 0 Å². The number of hydrazone groups is 1. The number of hydrogen-bond acceptors (Lipinski definition) is 7. The van der Waals surface area contributed by atoms with Crippen LogP contribution in [0.2, 0.25) is 0 Å². The van der Waals surface area contributed by atoms with Gasteiger partial charge in [-0.25, -0.2) is 4.39 Å². The summed E-state index contributed by atoms with van der Waals surface area (Å²) >= 11 is 0. The number of anilines is 1. The quantitative estimate of drug-likeness (QED) is 0.220. The SMILES string of the molecule is COc1cc(C2CC(c3cc(OC)c(OC)c(OC)c3)=NN2c2ccccc2)ccc1OCc1ccc(F)cc1. The van der Waals surface area contributed by atoms with Gasteiger partial charge in [0.15, 0.2) is 23.0 Å². The second kappa shape index (κ2) is 12.0. The fraction of sp³-hybridized carbons (Fsp3) is 0.219. The van der Waals surface area contributed by atoms with Crippen LogP contribution in [-0.2, 0) is 6.61 Å². The lowest BCUT2D eigenvalue weighted by Crippen LogP contribution is -2.18. The summed E-state index contributed by atoms with van der Waals surface area (Å²) < 4.78 is 41.7. The van der Waals surface area contributed by atoms with Crippen molar-refractivity contribution in [3.8, 4) is 28.7 Å². The molecule has 1 heterocycles. The summed E-state index contributed by atoms with van der Waals surface area (Å²) in [6.45, 7) is 0.296. The minimum absolute atomic E-state index is 0.100. The largest absolute Gasteiger partial charge is 0.493 e. The summed E-state index contributed by atoms with van der Waals surface area (Å²) in [5, 5.41) is 7.07. The minimum Gasteiger partial charge on any atom is -0.493 e. The standard InChI is InChI=1S/C32H31FN2O5/c1-36-29-16-22(12-15-28(29)40-20-21-10-13-24(33)14-11-21)27-19-26(34-35(27)25-8-6-5-7-9-25)23-17-30(37-2)32(39-4)31(18-23)38-3/h5-18,27H,19-20H2,1-4H3. The van der Waals surface area contributed by atoms with E-state index in [2.05, 4.69) is 0 Å². The van der Waals surface area contributed by atoms with Gasteiger partial charge in [0.25, 0.3) is 0 Å². The highest BCUT2D eigenvalue weighted by molar-refractivity contribution is 6.04. The molecule has 4 aromatic rings. The van der Waals surface area contributed by atoms with E-state index in [1.54, 1.807) is 40.6 Å². The zero-order valence-electron chi connectivity index (χ0n) is 22.9. The molecule has 4 aromatic carbocycles. The molecule has 1 atom stereocenters. The molecule has 1 aliphatic rings. The molecule has 5 rings (SSSR count). The Kier molecular flexibility index (Phi) is 8.05. The van der Waals surface area contributed by atoms with Crippen LogP contribution >= 0.6 is 0 Å². The number of benzene rings is 4. The van der Waals surface area contributed by atoms with Gasteiger partial charge in [-0.05, 0) is 59.7 Å². The summed E-state index contributed by atoms with van der Waals surface area (Å²) in [6, 6.07) is 25.9. The average Bonchev–Trinajstić information content (AvgIpc) is 3.46. The molecule has 0 radical (unpaired) electrons. The predicted octanol–water partition coefficient (Wildman–Crippen LogP) is 6.79. The van der Waals surface area contributed by atoms with Crippen LogP contribution in [0.4, 0.5) is 10.1 Å². The second-order valence-electron chi connectivity index (χ2n) is 9.19. The van der Waals surface area contributed by atoms with E-state index in [4.69, 9.17) is 28.8 Å². The maximum absolute atomic E-state index is 13.3. The smallest absolute Gasteiger partial charge is 0.203 e. The highest BCUT2D eigenvalue weighted by Gasteiger charge is 2.31. The van der Waals surface area contributed by atoms with Gasteiger partial charge in [-0.15, -0.1) is 0 Å². The normalized spacial score (nSPS) is 14.5. The van der Waals surface area contributed by atoms with Gasteiger partial charge in [-0.3, -0.25) is 5.01 Å². The van der Waals surface area contributed by atoms with E-state index in [9.17, 15) is 4.39 Å². The molecular formula is C32H31FN2O5. The lowest BCUT2D eigenvalue weighted by atomic mass is 9.97. The van der Waals surface area contributed by atoms with E-state index in [-0.39, 0.29) is 11.9 Å². The molecule has 0 bridgehead atoms. The van der Waals surface area contributed by atoms with Crippen molar-refractivity contribution in [3.05, 3.63) is 107 Å². The molecule has 0 spiro atoms. The van der Waals surface area contributed by atoms with Crippen LogP contribution in [0.25, 0.3) is 0 Å². The molecule has 206 valence electrons. The lowest BCUT2D eigenvalue weighted by molar-refractivity contribution is 0.284. The van der Waals surface area contributed by atoms with Gasteiger partial charge in [0.05, 0.1) is 45.9 Å². The molecule has 0 aliphatic carbocycles. The van der Waals surface area contributed by atoms with Gasteiger partial charge in [0.1, 0.15) is 12.4 Å². The topological polar surface area (TPSA) is 61.8 Å². The average molecular weight is 543 g/mol. The molecule has 1 aliphatic heterocycles. The monoisotopic (exact) mass is 542 g/mol. The van der Waals surface area contributed by atoms with Crippen LogP contribution in [0.5, 0.6) is 28.7 Å². The molecule has 1 unspecified atom stereocenters. The van der Waals surface area contributed by atoms with Crippen molar-refractivity contribution in [1.29, 1.82) is 0 Å². The first-order valence-corrected chi connectivity index (χ1v) is 12.8. The number of methoxy groups -OCH3 is 4. The summed E-state index contributed by atoms with van der Waals surface area (Å²) in [6.07, 6.45) is 0.631. The van der Waals surface area contributed by atoms with Crippen LogP contribution in [0.1, 0.15) is 29.2 Å². The van der Waals surface area contributed by atoms with Crippen LogP contribution in [0, 0.1) is 5.82 Å². The van der Waals surface area contributed by atoms with E-state index < -0.39 is 0 Å². The fourth-order valence-corrected chi connectivity index (χ4v) is 4.76. The van der Waals surface area contributed by atoms with Crippen molar-refractivity contribution in [3.63, 3.8) is 0 Å². The van der Waals surface area contributed by atoms with Gasteiger partial charge in [0, 0.05) is 12.0 Å². The Morgan fingerprint density at radius 2 is 1.43 bits per heavy atom. The fourth-order valence-electron chi connectivity index (χ4n) is 4.76. The number of ether oxygens (including phenoxy) is 5. The van der Waals surface area contributed by atoms with Crippen molar-refractivity contribution >= 4 is 11.4 Å². The van der Waals surface area contributed by atoms with Crippen LogP contribution < -0.4 is 28.7 Å². The highest BCUT2D eigenvalue weighted by Crippen LogP contribution is 2.43. The molecule has 0 saturated heterocycles. The molecule has 0 amide bonds.